The Morgan fingerprint density at radius 3 is 2.00 bits per heavy atom. The van der Waals surface area contributed by atoms with Crippen LogP contribution in [0, 0.1) is 20.2 Å². The first-order chi connectivity index (χ1) is 10.9. The average Bonchev–Trinajstić information content (AvgIpc) is 2.55. The van der Waals surface area contributed by atoms with Crippen LogP contribution in [0.2, 0.25) is 0 Å². The van der Waals surface area contributed by atoms with Gasteiger partial charge in [0.15, 0.2) is 0 Å². The highest BCUT2D eigenvalue weighted by Crippen LogP contribution is 2.23. The van der Waals surface area contributed by atoms with Crippen molar-refractivity contribution in [3.05, 3.63) is 79.9 Å². The van der Waals surface area contributed by atoms with E-state index in [4.69, 9.17) is 0 Å². The number of benzene rings is 2. The van der Waals surface area contributed by atoms with Gasteiger partial charge in [0, 0.05) is 12.1 Å². The van der Waals surface area contributed by atoms with Crippen LogP contribution in [-0.2, 0) is 0 Å². The summed E-state index contributed by atoms with van der Waals surface area (Å²) >= 11 is 0. The van der Waals surface area contributed by atoms with Crippen molar-refractivity contribution in [2.24, 2.45) is 0 Å². The summed E-state index contributed by atoms with van der Waals surface area (Å²) in [6, 6.07) is 11.6. The lowest BCUT2D eigenvalue weighted by molar-refractivity contribution is -0.394. The van der Waals surface area contributed by atoms with E-state index in [9.17, 15) is 25.0 Å². The zero-order valence-corrected chi connectivity index (χ0v) is 12.1. The average molecular weight is 315 g/mol. The number of carbonyl (C=O) groups excluding carboxylic acids is 1. The Morgan fingerprint density at radius 2 is 1.52 bits per heavy atom. The predicted molar refractivity (Wildman–Crippen MR) is 82.1 cm³/mol. The molecule has 0 bridgehead atoms. The van der Waals surface area contributed by atoms with Crippen molar-refractivity contribution in [3.63, 3.8) is 0 Å². The van der Waals surface area contributed by atoms with Crippen molar-refractivity contribution in [1.82, 2.24) is 5.32 Å². The zero-order valence-electron chi connectivity index (χ0n) is 12.1. The Balaban J connectivity index is 2.28. The van der Waals surface area contributed by atoms with Gasteiger partial charge in [-0.25, -0.2) is 0 Å². The molecule has 0 aliphatic rings. The van der Waals surface area contributed by atoms with Crippen molar-refractivity contribution in [2.75, 3.05) is 0 Å². The SMILES string of the molecule is C[C@@H](NC(=O)c1cc([N+](=O)[O-])cc([N+](=O)[O-])c1)c1ccccc1. The second-order valence-electron chi connectivity index (χ2n) is 4.86. The van der Waals surface area contributed by atoms with Crippen LogP contribution in [0.4, 0.5) is 11.4 Å². The molecular formula is C15H13N3O5. The van der Waals surface area contributed by atoms with E-state index in [-0.39, 0.29) is 11.6 Å². The maximum absolute atomic E-state index is 12.2. The minimum atomic E-state index is -0.773. The molecule has 118 valence electrons. The van der Waals surface area contributed by atoms with Gasteiger partial charge in [-0.15, -0.1) is 0 Å². The fourth-order valence-electron chi connectivity index (χ4n) is 2.04. The normalized spacial score (nSPS) is 11.5. The molecule has 0 fully saturated rings. The number of nitrogens with zero attached hydrogens (tertiary/aromatic N) is 2. The topological polar surface area (TPSA) is 115 Å². The molecule has 0 spiro atoms. The van der Waals surface area contributed by atoms with Crippen LogP contribution in [0.5, 0.6) is 0 Å². The molecule has 0 saturated carbocycles. The molecule has 0 unspecified atom stereocenters. The number of non-ortho nitro benzene ring substituents is 2. The number of nitrogens with one attached hydrogen (secondary N) is 1. The lowest BCUT2D eigenvalue weighted by Crippen LogP contribution is -2.26. The molecule has 0 aliphatic carbocycles. The van der Waals surface area contributed by atoms with Gasteiger partial charge in [-0.1, -0.05) is 30.3 Å². The van der Waals surface area contributed by atoms with Crippen LogP contribution in [0.15, 0.2) is 48.5 Å². The van der Waals surface area contributed by atoms with Crippen LogP contribution in [0.3, 0.4) is 0 Å². The molecule has 1 N–H and O–H groups in total. The lowest BCUT2D eigenvalue weighted by Gasteiger charge is -2.14. The first-order valence-electron chi connectivity index (χ1n) is 6.68. The number of rotatable bonds is 5. The largest absolute Gasteiger partial charge is 0.346 e. The number of hydrogen-bond donors (Lipinski definition) is 1. The van der Waals surface area contributed by atoms with Gasteiger partial charge in [0.05, 0.1) is 27.5 Å². The Labute approximate surface area is 131 Å². The summed E-state index contributed by atoms with van der Waals surface area (Å²) in [5.74, 6) is -0.617. The van der Waals surface area contributed by atoms with Gasteiger partial charge in [0.25, 0.3) is 17.3 Å². The van der Waals surface area contributed by atoms with Gasteiger partial charge >= 0.3 is 0 Å². The molecule has 1 amide bonds. The highest BCUT2D eigenvalue weighted by molar-refractivity contribution is 5.95. The molecule has 2 aromatic rings. The van der Waals surface area contributed by atoms with E-state index in [1.165, 1.54) is 0 Å². The smallest absolute Gasteiger partial charge is 0.277 e. The molecule has 0 radical (unpaired) electrons. The number of carbonyl (C=O) groups is 1. The third-order valence-corrected chi connectivity index (χ3v) is 3.23. The first-order valence-corrected chi connectivity index (χ1v) is 6.68. The van der Waals surface area contributed by atoms with Crippen LogP contribution < -0.4 is 5.32 Å². The van der Waals surface area contributed by atoms with Crippen LogP contribution >= 0.6 is 0 Å². The summed E-state index contributed by atoms with van der Waals surface area (Å²) in [6.07, 6.45) is 0. The third kappa shape index (κ3) is 3.88. The monoisotopic (exact) mass is 315 g/mol. The number of nitro benzene ring substituents is 2. The molecule has 0 saturated heterocycles. The first kappa shape index (κ1) is 16.1. The molecule has 2 rings (SSSR count). The maximum atomic E-state index is 12.2. The van der Waals surface area contributed by atoms with Crippen LogP contribution in [0.1, 0.15) is 28.9 Å². The van der Waals surface area contributed by atoms with Gasteiger partial charge in [-0.3, -0.25) is 25.0 Å². The number of amides is 1. The van der Waals surface area contributed by atoms with E-state index in [1.54, 1.807) is 6.92 Å². The fourth-order valence-corrected chi connectivity index (χ4v) is 2.04. The van der Waals surface area contributed by atoms with Crippen LogP contribution in [-0.4, -0.2) is 15.8 Å². The molecule has 8 nitrogen and oxygen atoms in total. The Bertz CT molecular complexity index is 729. The van der Waals surface area contributed by atoms with E-state index in [2.05, 4.69) is 5.32 Å². The van der Waals surface area contributed by atoms with Gasteiger partial charge in [-0.05, 0) is 12.5 Å². The summed E-state index contributed by atoms with van der Waals surface area (Å²) in [4.78, 5) is 32.4. The van der Waals surface area contributed by atoms with Gasteiger partial charge in [0.1, 0.15) is 0 Å². The zero-order chi connectivity index (χ0) is 17.0. The summed E-state index contributed by atoms with van der Waals surface area (Å²) in [5, 5.41) is 24.4. The quantitative estimate of drug-likeness (QED) is 0.672. The van der Waals surface area contributed by atoms with Crippen molar-refractivity contribution in [2.45, 2.75) is 13.0 Å². The molecular weight excluding hydrogens is 302 g/mol. The highest BCUT2D eigenvalue weighted by atomic mass is 16.6. The van der Waals surface area contributed by atoms with Crippen LogP contribution in [0.25, 0.3) is 0 Å². The van der Waals surface area contributed by atoms with E-state index < -0.39 is 27.1 Å². The van der Waals surface area contributed by atoms with E-state index in [1.807, 2.05) is 30.3 Å². The summed E-state index contributed by atoms with van der Waals surface area (Å²) in [6.45, 7) is 1.75. The third-order valence-electron chi connectivity index (χ3n) is 3.23. The summed E-state index contributed by atoms with van der Waals surface area (Å²) in [5.41, 5.74) is -0.289. The van der Waals surface area contributed by atoms with E-state index in [0.29, 0.717) is 0 Å². The second-order valence-corrected chi connectivity index (χ2v) is 4.86. The van der Waals surface area contributed by atoms with Crippen molar-refractivity contribution >= 4 is 17.3 Å². The van der Waals surface area contributed by atoms with E-state index >= 15 is 0 Å². The lowest BCUT2D eigenvalue weighted by atomic mass is 10.1. The summed E-state index contributed by atoms with van der Waals surface area (Å²) < 4.78 is 0. The number of hydrogen-bond acceptors (Lipinski definition) is 5. The molecule has 0 aliphatic heterocycles. The summed E-state index contributed by atoms with van der Waals surface area (Å²) in [7, 11) is 0. The van der Waals surface area contributed by atoms with E-state index in [0.717, 1.165) is 23.8 Å². The van der Waals surface area contributed by atoms with Gasteiger partial charge in [-0.2, -0.15) is 0 Å². The van der Waals surface area contributed by atoms with Crippen molar-refractivity contribution in [3.8, 4) is 0 Å². The predicted octanol–water partition coefficient (Wildman–Crippen LogP) is 2.99. The van der Waals surface area contributed by atoms with Crippen molar-refractivity contribution in [1.29, 1.82) is 0 Å². The van der Waals surface area contributed by atoms with Gasteiger partial charge < -0.3 is 5.32 Å². The highest BCUT2D eigenvalue weighted by Gasteiger charge is 2.20. The molecule has 8 heteroatoms. The molecule has 2 aromatic carbocycles. The molecule has 0 heterocycles. The molecule has 1 atom stereocenters. The fraction of sp³-hybridized carbons (Fsp3) is 0.133. The molecule has 0 aromatic heterocycles. The Morgan fingerprint density at radius 1 is 1.00 bits per heavy atom. The molecule has 23 heavy (non-hydrogen) atoms. The van der Waals surface area contributed by atoms with Gasteiger partial charge in [0.2, 0.25) is 0 Å². The minimum absolute atomic E-state index is 0.131. The Kier molecular flexibility index (Phi) is 4.65. The minimum Gasteiger partial charge on any atom is -0.346 e. The Hall–Kier alpha value is -3.29. The van der Waals surface area contributed by atoms with Crippen molar-refractivity contribution < 1.29 is 14.6 Å². The number of nitro groups is 2. The second kappa shape index (κ2) is 6.65. The standard InChI is InChI=1S/C15H13N3O5/c1-10(11-5-3-2-4-6-11)16-15(19)12-7-13(17(20)21)9-14(8-12)18(22)23/h2-10H,1H3,(H,16,19)/t10-/m1/s1. The maximum Gasteiger partial charge on any atom is 0.277 e.